The second-order valence-corrected chi connectivity index (χ2v) is 5.01. The zero-order chi connectivity index (χ0) is 13.9. The lowest BCUT2D eigenvalue weighted by molar-refractivity contribution is 0.0771. The molecule has 0 aliphatic heterocycles. The van der Waals surface area contributed by atoms with Crippen LogP contribution in [0.3, 0.4) is 0 Å². The first kappa shape index (κ1) is 14.0. The first-order valence-electron chi connectivity index (χ1n) is 6.18. The van der Waals surface area contributed by atoms with Crippen molar-refractivity contribution in [1.29, 1.82) is 0 Å². The van der Waals surface area contributed by atoms with Crippen LogP contribution in [0.25, 0.3) is 0 Å². The summed E-state index contributed by atoms with van der Waals surface area (Å²) in [6.07, 6.45) is 0.334. The first-order valence-corrected chi connectivity index (χ1v) is 6.72. The molecule has 1 nitrogen and oxygen atoms in total. The molecule has 1 N–H and O–H groups in total. The maximum Gasteiger partial charge on any atom is 0.126 e. The molecule has 1 unspecified atom stereocenters. The Labute approximate surface area is 117 Å². The Hall–Kier alpha value is -1.38. The van der Waals surface area contributed by atoms with Crippen LogP contribution in [0.5, 0.6) is 0 Å². The van der Waals surface area contributed by atoms with Crippen molar-refractivity contribution < 1.29 is 9.50 Å². The molecule has 0 spiro atoms. The van der Waals surface area contributed by atoms with Gasteiger partial charge in [-0.1, -0.05) is 42.5 Å². The Morgan fingerprint density at radius 2 is 1.79 bits per heavy atom. The van der Waals surface area contributed by atoms with Crippen molar-refractivity contribution in [3.05, 3.63) is 71.0 Å². The molecule has 0 bridgehead atoms. The highest BCUT2D eigenvalue weighted by molar-refractivity contribution is 6.17. The van der Waals surface area contributed by atoms with Gasteiger partial charge < -0.3 is 5.11 Å². The molecule has 0 aromatic heterocycles. The summed E-state index contributed by atoms with van der Waals surface area (Å²) in [6.45, 7) is 1.70. The van der Waals surface area contributed by atoms with Crippen LogP contribution < -0.4 is 0 Å². The molecule has 100 valence electrons. The molecule has 19 heavy (non-hydrogen) atoms. The van der Waals surface area contributed by atoms with E-state index in [0.29, 0.717) is 23.4 Å². The van der Waals surface area contributed by atoms with E-state index in [2.05, 4.69) is 0 Å². The second kappa shape index (κ2) is 5.72. The molecule has 3 heteroatoms. The number of hydrogen-bond acceptors (Lipinski definition) is 1. The number of aliphatic hydroxyl groups is 1. The summed E-state index contributed by atoms with van der Waals surface area (Å²) in [5.74, 6) is -0.0256. The van der Waals surface area contributed by atoms with Gasteiger partial charge in [-0.05, 0) is 36.1 Å². The van der Waals surface area contributed by atoms with E-state index in [1.807, 2.05) is 30.3 Å². The van der Waals surface area contributed by atoms with Crippen molar-refractivity contribution in [2.45, 2.75) is 18.9 Å². The maximum absolute atomic E-state index is 13.7. The van der Waals surface area contributed by atoms with Crippen molar-refractivity contribution in [3.8, 4) is 0 Å². The minimum atomic E-state index is -1.25. The van der Waals surface area contributed by atoms with Gasteiger partial charge in [0.05, 0.1) is 0 Å². The predicted molar refractivity (Wildman–Crippen MR) is 75.9 cm³/mol. The molecule has 0 amide bonds. The predicted octanol–water partition coefficient (Wildman–Crippen LogP) is 4.00. The summed E-state index contributed by atoms with van der Waals surface area (Å²) in [5, 5.41) is 10.9. The smallest absolute Gasteiger partial charge is 0.126 e. The monoisotopic (exact) mass is 278 g/mol. The van der Waals surface area contributed by atoms with Crippen molar-refractivity contribution in [2.24, 2.45) is 0 Å². The normalized spacial score (nSPS) is 14.1. The summed E-state index contributed by atoms with van der Waals surface area (Å²) in [7, 11) is 0. The lowest BCUT2D eigenvalue weighted by atomic mass is 9.84. The van der Waals surface area contributed by atoms with Crippen molar-refractivity contribution in [3.63, 3.8) is 0 Å². The van der Waals surface area contributed by atoms with Crippen molar-refractivity contribution >= 4 is 11.6 Å². The molecule has 0 aliphatic rings. The topological polar surface area (TPSA) is 20.2 Å². The number of hydrogen-bond donors (Lipinski definition) is 1. The van der Waals surface area contributed by atoms with E-state index in [4.69, 9.17) is 11.6 Å². The number of aryl methyl sites for hydroxylation is 1. The highest BCUT2D eigenvalue weighted by Crippen LogP contribution is 2.34. The standard InChI is InChI=1S/C16H16ClFO/c1-12-7-8-14(11-15(12)18)16(19,9-10-17)13-5-3-2-4-6-13/h2-8,11,19H,9-10H2,1H3. The van der Waals surface area contributed by atoms with Gasteiger partial charge in [0.15, 0.2) is 0 Å². The van der Waals surface area contributed by atoms with E-state index >= 15 is 0 Å². The third-order valence-corrected chi connectivity index (χ3v) is 3.55. The van der Waals surface area contributed by atoms with Crippen molar-refractivity contribution in [1.82, 2.24) is 0 Å². The minimum absolute atomic E-state index is 0.293. The Kier molecular flexibility index (Phi) is 4.23. The quantitative estimate of drug-likeness (QED) is 0.838. The molecule has 0 heterocycles. The molecule has 2 aromatic rings. The van der Waals surface area contributed by atoms with Crippen LogP contribution in [-0.2, 0) is 5.60 Å². The number of halogens is 2. The van der Waals surface area contributed by atoms with Gasteiger partial charge >= 0.3 is 0 Å². The molecule has 2 rings (SSSR count). The highest BCUT2D eigenvalue weighted by atomic mass is 35.5. The van der Waals surface area contributed by atoms with Crippen LogP contribution in [0.4, 0.5) is 4.39 Å². The zero-order valence-corrected chi connectivity index (χ0v) is 11.5. The number of rotatable bonds is 4. The summed E-state index contributed by atoms with van der Waals surface area (Å²) in [5.41, 5.74) is 0.559. The van der Waals surface area contributed by atoms with Crippen LogP contribution in [0.2, 0.25) is 0 Å². The fraction of sp³-hybridized carbons (Fsp3) is 0.250. The zero-order valence-electron chi connectivity index (χ0n) is 10.7. The number of benzene rings is 2. The van der Waals surface area contributed by atoms with E-state index in [9.17, 15) is 9.50 Å². The van der Waals surface area contributed by atoms with Crippen LogP contribution >= 0.6 is 11.6 Å². The molecular weight excluding hydrogens is 263 g/mol. The maximum atomic E-state index is 13.7. The van der Waals surface area contributed by atoms with Crippen LogP contribution in [0.1, 0.15) is 23.1 Å². The summed E-state index contributed by atoms with van der Waals surface area (Å²) in [6, 6.07) is 14.0. The average molecular weight is 279 g/mol. The molecular formula is C16H16ClFO. The van der Waals surface area contributed by atoms with Gasteiger partial charge in [-0.3, -0.25) is 0 Å². The van der Waals surface area contributed by atoms with E-state index in [1.54, 1.807) is 19.1 Å². The lowest BCUT2D eigenvalue weighted by Crippen LogP contribution is -2.28. The van der Waals surface area contributed by atoms with Gasteiger partial charge in [0, 0.05) is 5.88 Å². The SMILES string of the molecule is Cc1ccc(C(O)(CCCl)c2ccccc2)cc1F. The van der Waals surface area contributed by atoms with Crippen LogP contribution in [0, 0.1) is 12.7 Å². The Morgan fingerprint density at radius 3 is 2.37 bits per heavy atom. The van der Waals surface area contributed by atoms with E-state index < -0.39 is 5.60 Å². The van der Waals surface area contributed by atoms with Crippen LogP contribution in [-0.4, -0.2) is 11.0 Å². The number of alkyl halides is 1. The first-order chi connectivity index (χ1) is 9.08. The third kappa shape index (κ3) is 2.80. The average Bonchev–Trinajstić information content (AvgIpc) is 2.43. The largest absolute Gasteiger partial charge is 0.380 e. The van der Waals surface area contributed by atoms with Gasteiger partial charge in [0.2, 0.25) is 0 Å². The fourth-order valence-electron chi connectivity index (χ4n) is 2.16. The third-order valence-electron chi connectivity index (χ3n) is 3.36. The van der Waals surface area contributed by atoms with Gasteiger partial charge in [-0.25, -0.2) is 4.39 Å². The molecule has 0 radical (unpaired) electrons. The van der Waals surface area contributed by atoms with E-state index in [-0.39, 0.29) is 5.82 Å². The Morgan fingerprint density at radius 1 is 1.11 bits per heavy atom. The minimum Gasteiger partial charge on any atom is -0.380 e. The molecule has 0 fully saturated rings. The molecule has 0 saturated carbocycles. The van der Waals surface area contributed by atoms with E-state index in [0.717, 1.165) is 5.56 Å². The van der Waals surface area contributed by atoms with E-state index in [1.165, 1.54) is 6.07 Å². The van der Waals surface area contributed by atoms with Crippen LogP contribution in [0.15, 0.2) is 48.5 Å². The van der Waals surface area contributed by atoms with Gasteiger partial charge in [0.25, 0.3) is 0 Å². The van der Waals surface area contributed by atoms with Crippen molar-refractivity contribution in [2.75, 3.05) is 5.88 Å². The molecule has 2 aromatic carbocycles. The highest BCUT2D eigenvalue weighted by Gasteiger charge is 2.31. The molecule has 0 aliphatic carbocycles. The molecule has 1 atom stereocenters. The Bertz CT molecular complexity index is 556. The lowest BCUT2D eigenvalue weighted by Gasteiger charge is -2.29. The fourth-order valence-corrected chi connectivity index (χ4v) is 2.43. The summed E-state index contributed by atoms with van der Waals surface area (Å²) in [4.78, 5) is 0. The summed E-state index contributed by atoms with van der Waals surface area (Å²) < 4.78 is 13.7. The van der Waals surface area contributed by atoms with Gasteiger partial charge in [0.1, 0.15) is 11.4 Å². The molecule has 0 saturated heterocycles. The van der Waals surface area contributed by atoms with Gasteiger partial charge in [-0.15, -0.1) is 11.6 Å². The van der Waals surface area contributed by atoms with Gasteiger partial charge in [-0.2, -0.15) is 0 Å². The second-order valence-electron chi connectivity index (χ2n) is 4.63. The summed E-state index contributed by atoms with van der Waals surface area (Å²) >= 11 is 5.80. The Balaban J connectivity index is 2.52.